The molecule has 0 aromatic heterocycles. The van der Waals surface area contributed by atoms with Crippen LogP contribution in [0.3, 0.4) is 0 Å². The summed E-state index contributed by atoms with van der Waals surface area (Å²) in [5.41, 5.74) is 0.0376. The maximum atomic E-state index is 14.2. The number of hydrogen-bond acceptors (Lipinski definition) is 3. The van der Waals surface area contributed by atoms with Crippen LogP contribution in [0.25, 0.3) is 0 Å². The standard InChI is InChI=1S/C14H19F2NO2/c1-18-11-8-12(19-2)14(16)10(13(11)15)7-9-5-3-4-6-17-9/h8-9,17H,3-7H2,1-2H3. The van der Waals surface area contributed by atoms with Crippen molar-refractivity contribution in [1.29, 1.82) is 0 Å². The van der Waals surface area contributed by atoms with E-state index >= 15 is 0 Å². The second-order valence-corrected chi connectivity index (χ2v) is 4.74. The number of ether oxygens (including phenoxy) is 2. The lowest BCUT2D eigenvalue weighted by Crippen LogP contribution is -2.36. The van der Waals surface area contributed by atoms with E-state index in [1.807, 2.05) is 0 Å². The normalized spacial score (nSPS) is 19.3. The minimum atomic E-state index is -0.631. The zero-order valence-electron chi connectivity index (χ0n) is 11.3. The SMILES string of the molecule is COc1cc(OC)c(F)c(CC2CCCCN2)c1F. The summed E-state index contributed by atoms with van der Waals surface area (Å²) >= 11 is 0. The Morgan fingerprint density at radius 1 is 1.16 bits per heavy atom. The summed E-state index contributed by atoms with van der Waals surface area (Å²) in [4.78, 5) is 0. The minimum absolute atomic E-state index is 0.0176. The fraction of sp³-hybridized carbons (Fsp3) is 0.571. The molecule has 0 amide bonds. The lowest BCUT2D eigenvalue weighted by atomic mass is 9.96. The van der Waals surface area contributed by atoms with E-state index in [1.165, 1.54) is 20.3 Å². The van der Waals surface area contributed by atoms with Gasteiger partial charge in [-0.25, -0.2) is 8.78 Å². The first-order valence-electron chi connectivity index (χ1n) is 6.49. The molecule has 1 aromatic carbocycles. The van der Waals surface area contributed by atoms with E-state index in [9.17, 15) is 8.78 Å². The Bertz CT molecular complexity index is 417. The van der Waals surface area contributed by atoms with Crippen molar-refractivity contribution < 1.29 is 18.3 Å². The summed E-state index contributed by atoms with van der Waals surface area (Å²) in [6.45, 7) is 0.898. The van der Waals surface area contributed by atoms with Gasteiger partial charge in [0.2, 0.25) is 0 Å². The predicted octanol–water partition coefficient (Wildman–Crippen LogP) is 2.67. The van der Waals surface area contributed by atoms with Gasteiger partial charge in [0.15, 0.2) is 23.1 Å². The van der Waals surface area contributed by atoms with Crippen molar-refractivity contribution in [3.63, 3.8) is 0 Å². The van der Waals surface area contributed by atoms with Crippen LogP contribution in [0.15, 0.2) is 6.07 Å². The number of rotatable bonds is 4. The Labute approximate surface area is 111 Å². The molecule has 1 heterocycles. The molecule has 106 valence electrons. The van der Waals surface area contributed by atoms with Crippen LogP contribution in [0.1, 0.15) is 24.8 Å². The molecule has 1 aliphatic rings. The third kappa shape index (κ3) is 2.97. The first-order valence-corrected chi connectivity index (χ1v) is 6.49. The summed E-state index contributed by atoms with van der Waals surface area (Å²) in [5.74, 6) is -1.23. The first kappa shape index (κ1) is 14.1. The van der Waals surface area contributed by atoms with Crippen LogP contribution in [0, 0.1) is 11.6 Å². The molecule has 0 saturated carbocycles. The number of methoxy groups -OCH3 is 2. The van der Waals surface area contributed by atoms with Crippen molar-refractivity contribution in [3.05, 3.63) is 23.3 Å². The Hall–Kier alpha value is -1.36. The molecule has 1 atom stereocenters. The highest BCUT2D eigenvalue weighted by Gasteiger charge is 2.23. The molecule has 1 fully saturated rings. The van der Waals surface area contributed by atoms with Crippen LogP contribution >= 0.6 is 0 Å². The number of hydrogen-bond donors (Lipinski definition) is 1. The molecule has 0 radical (unpaired) electrons. The summed E-state index contributed by atoms with van der Waals surface area (Å²) in [6, 6.07) is 1.34. The molecule has 0 aliphatic carbocycles. The van der Waals surface area contributed by atoms with Gasteiger partial charge in [0.1, 0.15) is 0 Å². The smallest absolute Gasteiger partial charge is 0.171 e. The minimum Gasteiger partial charge on any atom is -0.494 e. The Balaban J connectivity index is 2.31. The lowest BCUT2D eigenvalue weighted by molar-refractivity contribution is 0.344. The molecular formula is C14H19F2NO2. The third-order valence-corrected chi connectivity index (χ3v) is 3.53. The topological polar surface area (TPSA) is 30.5 Å². The molecule has 1 aromatic rings. The lowest BCUT2D eigenvalue weighted by Gasteiger charge is -2.24. The monoisotopic (exact) mass is 271 g/mol. The van der Waals surface area contributed by atoms with Gasteiger partial charge in [0.05, 0.1) is 14.2 Å². The van der Waals surface area contributed by atoms with Crippen LogP contribution in [-0.2, 0) is 6.42 Å². The van der Waals surface area contributed by atoms with Crippen LogP contribution in [0.2, 0.25) is 0 Å². The van der Waals surface area contributed by atoms with E-state index in [1.54, 1.807) is 0 Å². The van der Waals surface area contributed by atoms with Crippen LogP contribution in [0.4, 0.5) is 8.78 Å². The third-order valence-electron chi connectivity index (χ3n) is 3.53. The van der Waals surface area contributed by atoms with E-state index in [-0.39, 0.29) is 23.1 Å². The highest BCUT2D eigenvalue weighted by Crippen LogP contribution is 2.32. The van der Waals surface area contributed by atoms with Crippen LogP contribution in [0.5, 0.6) is 11.5 Å². The highest BCUT2D eigenvalue weighted by molar-refractivity contribution is 5.42. The summed E-state index contributed by atoms with van der Waals surface area (Å²) < 4.78 is 38.2. The van der Waals surface area contributed by atoms with Crippen molar-refractivity contribution in [2.24, 2.45) is 0 Å². The fourth-order valence-electron chi connectivity index (χ4n) is 2.46. The molecule has 1 aliphatic heterocycles. The zero-order valence-corrected chi connectivity index (χ0v) is 11.3. The summed E-state index contributed by atoms with van der Waals surface area (Å²) in [6.07, 6.45) is 3.44. The maximum absolute atomic E-state index is 14.2. The molecular weight excluding hydrogens is 252 g/mol. The molecule has 5 heteroatoms. The Morgan fingerprint density at radius 2 is 1.79 bits per heavy atom. The van der Waals surface area contributed by atoms with Gasteiger partial charge >= 0.3 is 0 Å². The van der Waals surface area contributed by atoms with Gasteiger partial charge in [0.25, 0.3) is 0 Å². The van der Waals surface area contributed by atoms with E-state index in [0.29, 0.717) is 6.42 Å². The molecule has 1 N–H and O–H groups in total. The van der Waals surface area contributed by atoms with Crippen molar-refractivity contribution in [1.82, 2.24) is 5.32 Å². The highest BCUT2D eigenvalue weighted by atomic mass is 19.1. The average molecular weight is 271 g/mol. The predicted molar refractivity (Wildman–Crippen MR) is 68.8 cm³/mol. The quantitative estimate of drug-likeness (QED) is 0.913. The van der Waals surface area contributed by atoms with E-state index in [2.05, 4.69) is 5.32 Å². The van der Waals surface area contributed by atoms with Gasteiger partial charge in [-0.05, 0) is 25.8 Å². The first-order chi connectivity index (χ1) is 9.17. The van der Waals surface area contributed by atoms with Crippen molar-refractivity contribution in [2.75, 3.05) is 20.8 Å². The van der Waals surface area contributed by atoms with Crippen molar-refractivity contribution in [3.8, 4) is 11.5 Å². The van der Waals surface area contributed by atoms with Crippen LogP contribution in [-0.4, -0.2) is 26.8 Å². The van der Waals surface area contributed by atoms with E-state index in [4.69, 9.17) is 9.47 Å². The second kappa shape index (κ2) is 6.19. The van der Waals surface area contributed by atoms with Gasteiger partial charge < -0.3 is 14.8 Å². The molecule has 0 bridgehead atoms. The largest absolute Gasteiger partial charge is 0.494 e. The van der Waals surface area contributed by atoms with Gasteiger partial charge in [0, 0.05) is 17.7 Å². The van der Waals surface area contributed by atoms with Gasteiger partial charge in [-0.15, -0.1) is 0 Å². The van der Waals surface area contributed by atoms with Crippen molar-refractivity contribution >= 4 is 0 Å². The van der Waals surface area contributed by atoms with Gasteiger partial charge in [-0.2, -0.15) is 0 Å². The van der Waals surface area contributed by atoms with Crippen molar-refractivity contribution in [2.45, 2.75) is 31.7 Å². The number of piperidine rings is 1. The van der Waals surface area contributed by atoms with Crippen LogP contribution < -0.4 is 14.8 Å². The molecule has 3 nitrogen and oxygen atoms in total. The fourth-order valence-corrected chi connectivity index (χ4v) is 2.46. The number of benzene rings is 1. The number of nitrogens with one attached hydrogen (secondary N) is 1. The second-order valence-electron chi connectivity index (χ2n) is 4.74. The summed E-state index contributed by atoms with van der Waals surface area (Å²) in [5, 5.41) is 3.28. The molecule has 2 rings (SSSR count). The number of halogens is 2. The Morgan fingerprint density at radius 3 is 2.26 bits per heavy atom. The molecule has 1 saturated heterocycles. The molecule has 0 spiro atoms. The van der Waals surface area contributed by atoms with E-state index in [0.717, 1.165) is 25.8 Å². The molecule has 19 heavy (non-hydrogen) atoms. The Kier molecular flexibility index (Phi) is 4.58. The van der Waals surface area contributed by atoms with Gasteiger partial charge in [-0.3, -0.25) is 0 Å². The van der Waals surface area contributed by atoms with Gasteiger partial charge in [-0.1, -0.05) is 6.42 Å². The summed E-state index contributed by atoms with van der Waals surface area (Å²) in [7, 11) is 2.72. The zero-order chi connectivity index (χ0) is 13.8. The average Bonchev–Trinajstić information content (AvgIpc) is 2.45. The molecule has 1 unspecified atom stereocenters. The van der Waals surface area contributed by atoms with E-state index < -0.39 is 11.6 Å². The maximum Gasteiger partial charge on any atom is 0.171 e.